The molecule has 0 unspecified atom stereocenters. The Labute approximate surface area is 165 Å². The molecule has 0 bridgehead atoms. The fraction of sp³-hybridized carbons (Fsp3) is 0.304. The van der Waals surface area contributed by atoms with Gasteiger partial charge in [0.2, 0.25) is 5.78 Å². The number of aryl methyl sites for hydroxylation is 1. The van der Waals surface area contributed by atoms with Gasteiger partial charge in [-0.2, -0.15) is 10.2 Å². The number of benzene rings is 2. The van der Waals surface area contributed by atoms with Gasteiger partial charge < -0.3 is 5.32 Å². The van der Waals surface area contributed by atoms with Crippen molar-refractivity contribution >= 4 is 28.8 Å². The molecule has 1 heterocycles. The van der Waals surface area contributed by atoms with Crippen LogP contribution in [0.5, 0.6) is 0 Å². The number of anilines is 1. The third-order valence-corrected chi connectivity index (χ3v) is 4.70. The van der Waals surface area contributed by atoms with Crippen molar-refractivity contribution in [2.45, 2.75) is 46.0 Å². The molecule has 1 aliphatic rings. The maximum absolute atomic E-state index is 12.3. The molecule has 0 fully saturated rings. The van der Waals surface area contributed by atoms with Gasteiger partial charge in [0, 0.05) is 12.1 Å². The molecular weight excluding hydrogens is 350 g/mol. The van der Waals surface area contributed by atoms with Crippen molar-refractivity contribution < 1.29 is 9.59 Å². The zero-order chi connectivity index (χ0) is 20.3. The molecule has 0 spiro atoms. The molecule has 0 aromatic heterocycles. The van der Waals surface area contributed by atoms with Crippen LogP contribution in [0.25, 0.3) is 0 Å². The number of carbonyl (C=O) groups is 2. The fourth-order valence-electron chi connectivity index (χ4n) is 2.92. The molecule has 28 heavy (non-hydrogen) atoms. The van der Waals surface area contributed by atoms with E-state index in [2.05, 4.69) is 36.3 Å². The Morgan fingerprint density at radius 3 is 2.21 bits per heavy atom. The molecule has 2 aromatic rings. The van der Waals surface area contributed by atoms with Crippen molar-refractivity contribution in [1.82, 2.24) is 0 Å². The summed E-state index contributed by atoms with van der Waals surface area (Å²) in [4.78, 5) is 24.5. The minimum Gasteiger partial charge on any atom is -0.319 e. The summed E-state index contributed by atoms with van der Waals surface area (Å²) < 4.78 is 0. The second-order valence-electron chi connectivity index (χ2n) is 8.14. The minimum absolute atomic E-state index is 0.0230. The summed E-state index contributed by atoms with van der Waals surface area (Å²) in [7, 11) is 0. The number of Topliss-reactive ketones (excluding diaryl/α,β-unsaturated/α-hetero) is 1. The molecule has 144 valence electrons. The fourth-order valence-corrected chi connectivity index (χ4v) is 2.92. The van der Waals surface area contributed by atoms with E-state index in [4.69, 9.17) is 0 Å². The monoisotopic (exact) mass is 375 g/mol. The Kier molecular flexibility index (Phi) is 5.54. The van der Waals surface area contributed by atoms with E-state index in [1.54, 1.807) is 0 Å². The topological polar surface area (TPSA) is 70.9 Å². The second-order valence-corrected chi connectivity index (χ2v) is 8.14. The summed E-state index contributed by atoms with van der Waals surface area (Å²) in [5.41, 5.74) is 5.40. The van der Waals surface area contributed by atoms with Crippen molar-refractivity contribution in [3.05, 3.63) is 65.2 Å². The normalized spacial score (nSPS) is 13.7. The molecule has 2 aromatic carbocycles. The van der Waals surface area contributed by atoms with Gasteiger partial charge in [0.15, 0.2) is 0 Å². The van der Waals surface area contributed by atoms with Gasteiger partial charge in [0.05, 0.1) is 17.8 Å². The van der Waals surface area contributed by atoms with Crippen LogP contribution in [0.4, 0.5) is 5.69 Å². The first-order chi connectivity index (χ1) is 13.2. The number of carbonyl (C=O) groups excluding carboxylic acids is 2. The average Bonchev–Trinajstić information content (AvgIpc) is 3.10. The lowest BCUT2D eigenvalue weighted by atomic mass is 9.87. The number of amides is 1. The van der Waals surface area contributed by atoms with E-state index < -0.39 is 11.7 Å². The summed E-state index contributed by atoms with van der Waals surface area (Å²) in [6.07, 6.45) is 0.465. The SMILES string of the molecule is Cc1ccc(C2=NN=C(CC(=O)C(=O)Nc3ccc(C(C)(C)C)cc3)C2)cc1. The van der Waals surface area contributed by atoms with Crippen LogP contribution >= 0.6 is 0 Å². The number of nitrogens with one attached hydrogen (secondary N) is 1. The lowest BCUT2D eigenvalue weighted by Gasteiger charge is -2.19. The summed E-state index contributed by atoms with van der Waals surface area (Å²) in [6.45, 7) is 8.40. The van der Waals surface area contributed by atoms with Gasteiger partial charge in [0.1, 0.15) is 0 Å². The molecule has 0 aliphatic carbocycles. The molecule has 5 heteroatoms. The summed E-state index contributed by atoms with van der Waals surface area (Å²) in [5, 5.41) is 10.9. The minimum atomic E-state index is -0.630. The molecule has 1 N–H and O–H groups in total. The number of hydrogen-bond acceptors (Lipinski definition) is 4. The Hall–Kier alpha value is -3.08. The predicted molar refractivity (Wildman–Crippen MR) is 113 cm³/mol. The molecule has 1 aliphatic heterocycles. The summed E-state index contributed by atoms with van der Waals surface area (Å²) in [6, 6.07) is 15.6. The smallest absolute Gasteiger partial charge is 0.292 e. The van der Waals surface area contributed by atoms with Gasteiger partial charge in [-0.25, -0.2) is 0 Å². The lowest BCUT2D eigenvalue weighted by Crippen LogP contribution is -2.25. The van der Waals surface area contributed by atoms with Crippen LogP contribution < -0.4 is 5.32 Å². The predicted octanol–water partition coefficient (Wildman–Crippen LogP) is 4.44. The third-order valence-electron chi connectivity index (χ3n) is 4.70. The second kappa shape index (κ2) is 7.89. The van der Waals surface area contributed by atoms with Gasteiger partial charge in [-0.15, -0.1) is 0 Å². The maximum atomic E-state index is 12.3. The van der Waals surface area contributed by atoms with E-state index in [1.165, 1.54) is 5.56 Å². The van der Waals surface area contributed by atoms with Crippen LogP contribution in [0.3, 0.4) is 0 Å². The molecule has 5 nitrogen and oxygen atoms in total. The van der Waals surface area contributed by atoms with Crippen LogP contribution in [0.15, 0.2) is 58.7 Å². The summed E-state index contributed by atoms with van der Waals surface area (Å²) >= 11 is 0. The first kappa shape index (κ1) is 19.7. The Bertz CT molecular complexity index is 947. The van der Waals surface area contributed by atoms with E-state index >= 15 is 0 Å². The average molecular weight is 375 g/mol. The van der Waals surface area contributed by atoms with Gasteiger partial charge in [-0.05, 0) is 35.6 Å². The van der Waals surface area contributed by atoms with Crippen LogP contribution in [-0.2, 0) is 15.0 Å². The molecular formula is C23H25N3O2. The van der Waals surface area contributed by atoms with Gasteiger partial charge in [-0.3, -0.25) is 9.59 Å². The molecule has 1 amide bonds. The Morgan fingerprint density at radius 2 is 1.61 bits per heavy atom. The van der Waals surface area contributed by atoms with Crippen molar-refractivity contribution in [3.8, 4) is 0 Å². The Morgan fingerprint density at radius 1 is 0.964 bits per heavy atom. The van der Waals surface area contributed by atoms with Crippen molar-refractivity contribution in [2.24, 2.45) is 10.2 Å². The summed E-state index contributed by atoms with van der Waals surface area (Å²) in [5.74, 6) is -1.14. The van der Waals surface area contributed by atoms with E-state index in [0.717, 1.165) is 16.8 Å². The highest BCUT2D eigenvalue weighted by atomic mass is 16.2. The molecule has 0 radical (unpaired) electrons. The Balaban J connectivity index is 1.54. The number of ketones is 1. The third kappa shape index (κ3) is 4.80. The molecule has 3 rings (SSSR count). The quantitative estimate of drug-likeness (QED) is 0.785. The molecule has 0 atom stereocenters. The van der Waals surface area contributed by atoms with Crippen molar-refractivity contribution in [3.63, 3.8) is 0 Å². The number of hydrogen-bond donors (Lipinski definition) is 1. The van der Waals surface area contributed by atoms with E-state index in [0.29, 0.717) is 17.8 Å². The van der Waals surface area contributed by atoms with Crippen LogP contribution in [0.1, 0.15) is 50.3 Å². The van der Waals surface area contributed by atoms with Crippen LogP contribution in [0, 0.1) is 6.92 Å². The van der Waals surface area contributed by atoms with E-state index in [9.17, 15) is 9.59 Å². The first-order valence-electron chi connectivity index (χ1n) is 9.36. The molecule has 0 saturated heterocycles. The number of rotatable bonds is 5. The van der Waals surface area contributed by atoms with Gasteiger partial charge in [-0.1, -0.05) is 62.7 Å². The first-order valence-corrected chi connectivity index (χ1v) is 9.36. The van der Waals surface area contributed by atoms with Crippen molar-refractivity contribution in [2.75, 3.05) is 5.32 Å². The standard InChI is InChI=1S/C23H25N3O2/c1-15-5-7-16(8-6-15)20-13-19(25-26-20)14-21(27)22(28)24-18-11-9-17(10-12-18)23(2,3)4/h5-12H,13-14H2,1-4H3,(H,24,28). The lowest BCUT2D eigenvalue weighted by molar-refractivity contribution is -0.134. The zero-order valence-corrected chi connectivity index (χ0v) is 16.7. The van der Waals surface area contributed by atoms with Gasteiger partial charge in [0.25, 0.3) is 5.91 Å². The highest BCUT2D eigenvalue weighted by molar-refractivity contribution is 6.44. The van der Waals surface area contributed by atoms with Crippen molar-refractivity contribution in [1.29, 1.82) is 0 Å². The van der Waals surface area contributed by atoms with Crippen LogP contribution in [0.2, 0.25) is 0 Å². The maximum Gasteiger partial charge on any atom is 0.292 e. The van der Waals surface area contributed by atoms with Gasteiger partial charge >= 0.3 is 0 Å². The van der Waals surface area contributed by atoms with E-state index in [-0.39, 0.29) is 11.8 Å². The highest BCUT2D eigenvalue weighted by Gasteiger charge is 2.21. The largest absolute Gasteiger partial charge is 0.319 e. The number of nitrogens with zero attached hydrogens (tertiary/aromatic N) is 2. The molecule has 0 saturated carbocycles. The zero-order valence-electron chi connectivity index (χ0n) is 16.7. The van der Waals surface area contributed by atoms with Crippen LogP contribution in [-0.4, -0.2) is 23.1 Å². The van der Waals surface area contributed by atoms with E-state index in [1.807, 2.05) is 55.5 Å². The highest BCUT2D eigenvalue weighted by Crippen LogP contribution is 2.23.